The van der Waals surface area contributed by atoms with Gasteiger partial charge in [-0.3, -0.25) is 9.82 Å². The van der Waals surface area contributed by atoms with Gasteiger partial charge in [0, 0.05) is 4.90 Å². The van der Waals surface area contributed by atoms with Crippen LogP contribution in [-0.4, -0.2) is 30.0 Å². The van der Waals surface area contributed by atoms with E-state index in [2.05, 4.69) is 14.9 Å². The molecule has 0 bridgehead atoms. The molecule has 8 heteroatoms. The summed E-state index contributed by atoms with van der Waals surface area (Å²) in [5.41, 5.74) is 1.00. The van der Waals surface area contributed by atoms with E-state index >= 15 is 0 Å². The molecule has 1 aromatic carbocycles. The molecule has 20 heavy (non-hydrogen) atoms. The number of benzene rings is 1. The number of aromatic nitrogens is 2. The zero-order valence-corrected chi connectivity index (χ0v) is 12.7. The highest BCUT2D eigenvalue weighted by Crippen LogP contribution is 2.28. The molecule has 6 nitrogen and oxygen atoms in total. The monoisotopic (exact) mass is 313 g/mol. The first-order valence-corrected chi connectivity index (χ1v) is 8.51. The molecular weight excluding hydrogens is 298 g/mol. The Labute approximate surface area is 121 Å². The van der Waals surface area contributed by atoms with Gasteiger partial charge in [0.05, 0.1) is 18.0 Å². The molecule has 0 unspecified atom stereocenters. The molecule has 0 atom stereocenters. The lowest BCUT2D eigenvalue weighted by Gasteiger charge is -2.11. The number of anilines is 1. The lowest BCUT2D eigenvalue weighted by molar-refractivity contribution is 0.273. The summed E-state index contributed by atoms with van der Waals surface area (Å²) >= 11 is 1.45. The van der Waals surface area contributed by atoms with Crippen LogP contribution in [0.25, 0.3) is 0 Å². The Balaban J connectivity index is 2.44. The molecule has 0 aliphatic carbocycles. The summed E-state index contributed by atoms with van der Waals surface area (Å²) in [5, 5.41) is 15.5. The minimum atomic E-state index is -3.79. The van der Waals surface area contributed by atoms with Crippen LogP contribution in [0.2, 0.25) is 0 Å². The first-order valence-electron chi connectivity index (χ1n) is 5.80. The largest absolute Gasteiger partial charge is 0.390 e. The van der Waals surface area contributed by atoms with Crippen LogP contribution in [0.3, 0.4) is 0 Å². The van der Waals surface area contributed by atoms with Crippen molar-refractivity contribution in [2.24, 2.45) is 0 Å². The maximum absolute atomic E-state index is 12.4. The van der Waals surface area contributed by atoms with Crippen molar-refractivity contribution in [3.05, 3.63) is 35.7 Å². The van der Waals surface area contributed by atoms with Crippen LogP contribution in [0.4, 0.5) is 5.69 Å². The highest BCUT2D eigenvalue weighted by molar-refractivity contribution is 7.99. The smallest absolute Gasteiger partial charge is 0.265 e. The number of hydrogen-bond acceptors (Lipinski definition) is 5. The van der Waals surface area contributed by atoms with Crippen molar-refractivity contribution < 1.29 is 13.5 Å². The second kappa shape index (κ2) is 5.86. The predicted octanol–water partition coefficient (Wildman–Crippen LogP) is 1.73. The maximum Gasteiger partial charge on any atom is 0.265 e. The molecule has 1 aromatic heterocycles. The SMILES string of the molecule is CSc1ccccc1NS(=O)(=O)c1c(CO)n[nH]c1C. The molecular formula is C12H15N3O3S2. The van der Waals surface area contributed by atoms with Crippen LogP contribution in [0.15, 0.2) is 34.1 Å². The number of aliphatic hydroxyl groups excluding tert-OH is 1. The highest BCUT2D eigenvalue weighted by Gasteiger charge is 2.24. The number of aliphatic hydroxyl groups is 1. The quantitative estimate of drug-likeness (QED) is 0.731. The summed E-state index contributed by atoms with van der Waals surface area (Å²) in [7, 11) is -3.79. The molecule has 3 N–H and O–H groups in total. The fourth-order valence-corrected chi connectivity index (χ4v) is 3.91. The Morgan fingerprint density at radius 2 is 2.10 bits per heavy atom. The van der Waals surface area contributed by atoms with E-state index in [0.717, 1.165) is 4.90 Å². The summed E-state index contributed by atoms with van der Waals surface area (Å²) in [6, 6.07) is 7.12. The van der Waals surface area contributed by atoms with Gasteiger partial charge in [0.1, 0.15) is 10.6 Å². The summed E-state index contributed by atoms with van der Waals surface area (Å²) in [6.07, 6.45) is 1.87. The van der Waals surface area contributed by atoms with E-state index in [1.807, 2.05) is 18.4 Å². The molecule has 0 saturated heterocycles. The number of nitrogens with one attached hydrogen (secondary N) is 2. The molecule has 1 heterocycles. The molecule has 0 fully saturated rings. The number of aromatic amines is 1. The molecule has 2 aromatic rings. The average Bonchev–Trinajstić information content (AvgIpc) is 2.81. The van der Waals surface area contributed by atoms with Crippen LogP contribution in [0.5, 0.6) is 0 Å². The summed E-state index contributed by atoms with van der Waals surface area (Å²) in [4.78, 5) is 0.818. The van der Waals surface area contributed by atoms with Crippen LogP contribution in [0, 0.1) is 6.92 Å². The number of nitrogens with zero attached hydrogens (tertiary/aromatic N) is 1. The van der Waals surface area contributed by atoms with E-state index in [9.17, 15) is 13.5 Å². The summed E-state index contributed by atoms with van der Waals surface area (Å²) in [6.45, 7) is 1.16. The lowest BCUT2D eigenvalue weighted by Crippen LogP contribution is -2.15. The minimum Gasteiger partial charge on any atom is -0.390 e. The van der Waals surface area contributed by atoms with Gasteiger partial charge in [0.25, 0.3) is 10.0 Å². The number of hydrogen-bond donors (Lipinski definition) is 3. The third kappa shape index (κ3) is 2.82. The van der Waals surface area contributed by atoms with Crippen LogP contribution >= 0.6 is 11.8 Å². The Morgan fingerprint density at radius 1 is 1.40 bits per heavy atom. The number of thioether (sulfide) groups is 1. The molecule has 0 radical (unpaired) electrons. The number of aryl methyl sites for hydroxylation is 1. The molecule has 0 saturated carbocycles. The number of sulfonamides is 1. The third-order valence-electron chi connectivity index (χ3n) is 2.73. The highest BCUT2D eigenvalue weighted by atomic mass is 32.2. The number of rotatable bonds is 5. The van der Waals surface area contributed by atoms with Crippen molar-refractivity contribution >= 4 is 27.5 Å². The minimum absolute atomic E-state index is 0.00379. The van der Waals surface area contributed by atoms with Gasteiger partial charge in [-0.2, -0.15) is 5.10 Å². The van der Waals surface area contributed by atoms with Gasteiger partial charge in [-0.25, -0.2) is 8.42 Å². The second-order valence-electron chi connectivity index (χ2n) is 4.09. The van der Waals surface area contributed by atoms with Crippen LogP contribution < -0.4 is 4.72 Å². The molecule has 0 aliphatic rings. The molecule has 0 spiro atoms. The molecule has 108 valence electrons. The second-order valence-corrected chi connectivity index (χ2v) is 6.56. The van der Waals surface area contributed by atoms with E-state index in [1.54, 1.807) is 19.1 Å². The van der Waals surface area contributed by atoms with Gasteiger partial charge in [0.15, 0.2) is 0 Å². The summed E-state index contributed by atoms with van der Waals surface area (Å²) in [5.74, 6) is 0. The van der Waals surface area contributed by atoms with Gasteiger partial charge in [0.2, 0.25) is 0 Å². The van der Waals surface area contributed by atoms with Crippen molar-refractivity contribution in [2.75, 3.05) is 11.0 Å². The first-order chi connectivity index (χ1) is 9.49. The van der Waals surface area contributed by atoms with Crippen molar-refractivity contribution in [1.82, 2.24) is 10.2 Å². The fraction of sp³-hybridized carbons (Fsp3) is 0.250. The normalized spacial score (nSPS) is 11.6. The Morgan fingerprint density at radius 3 is 2.75 bits per heavy atom. The van der Waals surface area contributed by atoms with Gasteiger partial charge in [-0.1, -0.05) is 12.1 Å². The molecule has 2 rings (SSSR count). The number of H-pyrrole nitrogens is 1. The maximum atomic E-state index is 12.4. The number of para-hydroxylation sites is 1. The van der Waals surface area contributed by atoms with Gasteiger partial charge in [-0.05, 0) is 25.3 Å². The van der Waals surface area contributed by atoms with Crippen LogP contribution in [0.1, 0.15) is 11.4 Å². The van der Waals surface area contributed by atoms with Crippen molar-refractivity contribution in [3.63, 3.8) is 0 Å². The fourth-order valence-electron chi connectivity index (χ4n) is 1.86. The predicted molar refractivity (Wildman–Crippen MR) is 78.3 cm³/mol. The zero-order chi connectivity index (χ0) is 14.8. The van der Waals surface area contributed by atoms with E-state index in [1.165, 1.54) is 11.8 Å². The zero-order valence-electron chi connectivity index (χ0n) is 11.0. The third-order valence-corrected chi connectivity index (χ3v) is 5.09. The molecule has 0 amide bonds. The lowest BCUT2D eigenvalue weighted by atomic mass is 10.3. The van der Waals surface area contributed by atoms with Crippen LogP contribution in [-0.2, 0) is 16.6 Å². The van der Waals surface area contributed by atoms with E-state index in [0.29, 0.717) is 11.4 Å². The first kappa shape index (κ1) is 14.9. The van der Waals surface area contributed by atoms with E-state index in [-0.39, 0.29) is 10.6 Å². The Bertz CT molecular complexity index is 710. The summed E-state index contributed by atoms with van der Waals surface area (Å²) < 4.78 is 27.4. The van der Waals surface area contributed by atoms with Crippen molar-refractivity contribution in [2.45, 2.75) is 23.3 Å². The van der Waals surface area contributed by atoms with Gasteiger partial charge in [-0.15, -0.1) is 11.8 Å². The van der Waals surface area contributed by atoms with Gasteiger partial charge >= 0.3 is 0 Å². The Kier molecular flexibility index (Phi) is 4.36. The van der Waals surface area contributed by atoms with E-state index < -0.39 is 16.6 Å². The average molecular weight is 313 g/mol. The standard InChI is InChI=1S/C12H15N3O3S2/c1-8-12(10(7-16)14-13-8)20(17,18)15-9-5-3-4-6-11(9)19-2/h3-6,15-16H,7H2,1-2H3,(H,13,14). The Hall–Kier alpha value is -1.51. The topological polar surface area (TPSA) is 95.1 Å². The van der Waals surface area contributed by atoms with Crippen molar-refractivity contribution in [1.29, 1.82) is 0 Å². The van der Waals surface area contributed by atoms with Gasteiger partial charge < -0.3 is 5.11 Å². The molecule has 0 aliphatic heterocycles. The van der Waals surface area contributed by atoms with E-state index in [4.69, 9.17) is 0 Å². The van der Waals surface area contributed by atoms with Crippen molar-refractivity contribution in [3.8, 4) is 0 Å².